The van der Waals surface area contributed by atoms with Gasteiger partial charge in [0, 0.05) is 34.4 Å². The van der Waals surface area contributed by atoms with E-state index in [2.05, 4.69) is 315 Å². The summed E-state index contributed by atoms with van der Waals surface area (Å²) >= 11 is 0. The van der Waals surface area contributed by atoms with Crippen LogP contribution in [0.15, 0.2) is 291 Å². The van der Waals surface area contributed by atoms with Crippen LogP contribution in [0.4, 0.5) is 28.4 Å². The first kappa shape index (κ1) is 46.7. The summed E-state index contributed by atoms with van der Waals surface area (Å²) in [5.41, 5.74) is 24.4. The summed E-state index contributed by atoms with van der Waals surface area (Å²) in [5, 5.41) is 5.05. The van der Waals surface area contributed by atoms with E-state index in [1.54, 1.807) is 0 Å². The number of nitrogens with zero attached hydrogens (tertiary/aromatic N) is 2. The molecule has 14 rings (SSSR count). The molecule has 0 aromatic heterocycles. The molecular formula is C76H56N2. The first-order valence-corrected chi connectivity index (χ1v) is 27.2. The number of aryl methyl sites for hydroxylation is 2. The van der Waals surface area contributed by atoms with Crippen LogP contribution in [-0.4, -0.2) is 6.04 Å². The minimum Gasteiger partial charge on any atom is -0.333 e. The molecular weight excluding hydrogens is 941 g/mol. The highest BCUT2D eigenvalue weighted by molar-refractivity contribution is 6.21. The summed E-state index contributed by atoms with van der Waals surface area (Å²) in [5.74, 6) is 0.112. The molecule has 2 unspecified atom stereocenters. The lowest BCUT2D eigenvalue weighted by Crippen LogP contribution is -2.29. The number of rotatable bonds is 10. The van der Waals surface area contributed by atoms with Crippen molar-refractivity contribution in [3.63, 3.8) is 0 Å². The van der Waals surface area contributed by atoms with Gasteiger partial charge >= 0.3 is 0 Å². The predicted octanol–water partition coefficient (Wildman–Crippen LogP) is 20.7. The second-order valence-corrected chi connectivity index (χ2v) is 20.8. The molecule has 78 heavy (non-hydrogen) atoms. The molecule has 12 aromatic carbocycles. The smallest absolute Gasteiger partial charge is 0.0630 e. The maximum absolute atomic E-state index is 2.57. The Morgan fingerprint density at radius 1 is 0.359 bits per heavy atom. The van der Waals surface area contributed by atoms with Crippen molar-refractivity contribution in [1.29, 1.82) is 0 Å². The van der Waals surface area contributed by atoms with Gasteiger partial charge in [0.05, 0.1) is 6.04 Å². The standard InChI is InChI=1S/C76H56N2/c1-51-48-74(52(2)47-69(51)76-67-37-21-19-35-65(67)75(55-27-11-5-12-28-55)66-36-20-22-38-68(66)76)77(58-29-13-6-14-30-58)59-41-43-60(44-42-59)78-72-45-39-56(63-33-17-15-31-61(63)53-23-7-3-8-24-53)49-70(72)71-50-57(40-46-73(71)78)64-34-18-16-32-62(64)54-25-9-4-10-26-54/h3-50,70,72H,1-2H3. The van der Waals surface area contributed by atoms with E-state index in [-0.39, 0.29) is 12.0 Å². The molecule has 370 valence electrons. The van der Waals surface area contributed by atoms with Gasteiger partial charge in [-0.2, -0.15) is 0 Å². The highest BCUT2D eigenvalue weighted by atomic mass is 15.2. The van der Waals surface area contributed by atoms with Gasteiger partial charge in [0.25, 0.3) is 0 Å². The van der Waals surface area contributed by atoms with Crippen molar-refractivity contribution < 1.29 is 0 Å². The molecule has 0 amide bonds. The normalized spacial score (nSPS) is 14.5. The van der Waals surface area contributed by atoms with Crippen LogP contribution in [0.2, 0.25) is 0 Å². The van der Waals surface area contributed by atoms with Crippen molar-refractivity contribution in [2.45, 2.75) is 25.8 Å². The summed E-state index contributed by atoms with van der Waals surface area (Å²) in [7, 11) is 0. The highest BCUT2D eigenvalue weighted by Gasteiger charge is 2.39. The Hall–Kier alpha value is -9.76. The van der Waals surface area contributed by atoms with Crippen LogP contribution in [0.3, 0.4) is 0 Å². The van der Waals surface area contributed by atoms with E-state index in [9.17, 15) is 0 Å². The number of para-hydroxylation sites is 1. The molecule has 0 saturated carbocycles. The molecule has 2 aliphatic rings. The van der Waals surface area contributed by atoms with Crippen LogP contribution in [0.25, 0.3) is 82.8 Å². The fraction of sp³-hybridized carbons (Fsp3) is 0.0526. The van der Waals surface area contributed by atoms with Gasteiger partial charge in [-0.3, -0.25) is 0 Å². The van der Waals surface area contributed by atoms with Crippen LogP contribution < -0.4 is 9.80 Å². The molecule has 12 aromatic rings. The van der Waals surface area contributed by atoms with Crippen LogP contribution in [0.5, 0.6) is 0 Å². The van der Waals surface area contributed by atoms with Crippen molar-refractivity contribution in [2.24, 2.45) is 0 Å². The number of benzene rings is 12. The van der Waals surface area contributed by atoms with Crippen LogP contribution in [0.1, 0.15) is 28.2 Å². The Bertz CT molecular complexity index is 4210. The summed E-state index contributed by atoms with van der Waals surface area (Å²) in [4.78, 5) is 5.00. The van der Waals surface area contributed by atoms with Gasteiger partial charge in [0.1, 0.15) is 0 Å². The predicted molar refractivity (Wildman–Crippen MR) is 331 cm³/mol. The lowest BCUT2D eigenvalue weighted by Gasteiger charge is -2.31. The molecule has 1 heterocycles. The summed E-state index contributed by atoms with van der Waals surface area (Å²) in [6, 6.07) is 100. The van der Waals surface area contributed by atoms with Crippen LogP contribution >= 0.6 is 0 Å². The largest absolute Gasteiger partial charge is 0.333 e. The maximum atomic E-state index is 2.57. The number of allylic oxidation sites excluding steroid dienone is 2. The second kappa shape index (κ2) is 19.7. The Kier molecular flexibility index (Phi) is 11.8. The van der Waals surface area contributed by atoms with E-state index < -0.39 is 0 Å². The topological polar surface area (TPSA) is 6.48 Å². The molecule has 2 atom stereocenters. The fourth-order valence-electron chi connectivity index (χ4n) is 12.7. The van der Waals surface area contributed by atoms with Gasteiger partial charge in [0.15, 0.2) is 0 Å². The maximum Gasteiger partial charge on any atom is 0.0630 e. The van der Waals surface area contributed by atoms with E-state index >= 15 is 0 Å². The number of hydrogen-bond donors (Lipinski definition) is 0. The first-order chi connectivity index (χ1) is 38.6. The molecule has 0 saturated heterocycles. The van der Waals surface area contributed by atoms with Crippen molar-refractivity contribution in [2.75, 3.05) is 9.80 Å². The molecule has 1 aliphatic carbocycles. The second-order valence-electron chi connectivity index (χ2n) is 20.8. The summed E-state index contributed by atoms with van der Waals surface area (Å²) < 4.78 is 0. The van der Waals surface area contributed by atoms with E-state index in [1.807, 2.05) is 0 Å². The third-order valence-electron chi connectivity index (χ3n) is 16.2. The molecule has 0 N–H and O–H groups in total. The van der Waals surface area contributed by atoms with E-state index in [0.29, 0.717) is 0 Å². The lowest BCUT2D eigenvalue weighted by molar-refractivity contribution is 0.747. The molecule has 0 fully saturated rings. The fourth-order valence-corrected chi connectivity index (χ4v) is 12.7. The average molecular weight is 997 g/mol. The highest BCUT2D eigenvalue weighted by Crippen LogP contribution is 2.53. The summed E-state index contributed by atoms with van der Waals surface area (Å²) in [6.07, 6.45) is 7.33. The average Bonchev–Trinajstić information content (AvgIpc) is 4.02. The molecule has 0 bridgehead atoms. The lowest BCUT2D eigenvalue weighted by atomic mass is 9.83. The SMILES string of the molecule is Cc1cc(N(c2ccccc2)c2ccc(N3c4ccc(-c5ccccc5-c5ccccc5)cc4C4C=C(c5ccccc5-c5ccccc5)C=CC43)cc2)c(C)cc1-c1c2ccccc2c(-c2ccccc2)c2ccccc12. The quantitative estimate of drug-likeness (QED) is 0.126. The Morgan fingerprint density at radius 2 is 0.833 bits per heavy atom. The number of fused-ring (bicyclic) bond motifs is 5. The van der Waals surface area contributed by atoms with Gasteiger partial charge in [-0.05, 0) is 180 Å². The molecule has 1 aliphatic heterocycles. The Morgan fingerprint density at radius 3 is 1.42 bits per heavy atom. The monoisotopic (exact) mass is 996 g/mol. The van der Waals surface area contributed by atoms with Gasteiger partial charge in [-0.1, -0.05) is 231 Å². The van der Waals surface area contributed by atoms with Gasteiger partial charge in [-0.15, -0.1) is 0 Å². The van der Waals surface area contributed by atoms with E-state index in [1.165, 1.54) is 111 Å². The van der Waals surface area contributed by atoms with Gasteiger partial charge in [-0.25, -0.2) is 0 Å². The van der Waals surface area contributed by atoms with Crippen LogP contribution in [0, 0.1) is 13.8 Å². The van der Waals surface area contributed by atoms with Gasteiger partial charge < -0.3 is 9.80 Å². The number of anilines is 5. The zero-order chi connectivity index (χ0) is 52.1. The first-order valence-electron chi connectivity index (χ1n) is 27.2. The van der Waals surface area contributed by atoms with Gasteiger partial charge in [0.2, 0.25) is 0 Å². The Balaban J connectivity index is 0.872. The van der Waals surface area contributed by atoms with Crippen molar-refractivity contribution in [3.05, 3.63) is 313 Å². The minimum atomic E-state index is 0.0784. The zero-order valence-corrected chi connectivity index (χ0v) is 43.8. The molecule has 0 spiro atoms. The van der Waals surface area contributed by atoms with Crippen LogP contribution in [-0.2, 0) is 0 Å². The Labute approximate surface area is 457 Å². The van der Waals surface area contributed by atoms with E-state index in [0.717, 1.165) is 22.7 Å². The summed E-state index contributed by atoms with van der Waals surface area (Å²) in [6.45, 7) is 4.55. The molecule has 2 nitrogen and oxygen atoms in total. The van der Waals surface area contributed by atoms with Crippen molar-refractivity contribution in [3.8, 4) is 55.6 Å². The van der Waals surface area contributed by atoms with E-state index in [4.69, 9.17) is 0 Å². The van der Waals surface area contributed by atoms with Crippen molar-refractivity contribution in [1.82, 2.24) is 0 Å². The molecule has 2 heteroatoms. The zero-order valence-electron chi connectivity index (χ0n) is 43.8. The van der Waals surface area contributed by atoms with Crippen molar-refractivity contribution >= 4 is 55.6 Å². The third kappa shape index (κ3) is 8.13. The minimum absolute atomic E-state index is 0.0784. The third-order valence-corrected chi connectivity index (χ3v) is 16.2. The molecule has 0 radical (unpaired) electrons. The number of hydrogen-bond acceptors (Lipinski definition) is 2.